The molecule has 3 aliphatic heterocycles. The van der Waals surface area contributed by atoms with Crippen LogP contribution < -0.4 is 0 Å². The highest BCUT2D eigenvalue weighted by atomic mass is 19.1. The summed E-state index contributed by atoms with van der Waals surface area (Å²) >= 11 is 0. The van der Waals surface area contributed by atoms with Gasteiger partial charge in [-0.15, -0.1) is 0 Å². The fraction of sp³-hybridized carbons (Fsp3) is 0.500. The van der Waals surface area contributed by atoms with Crippen LogP contribution in [0.4, 0.5) is 4.39 Å². The van der Waals surface area contributed by atoms with Crippen LogP contribution in [0.1, 0.15) is 18.4 Å². The molecular weight excluding hydrogens is 363 g/mol. The number of rotatable bonds is 2. The lowest BCUT2D eigenvalue weighted by atomic mass is 9.98. The molecular formula is C20H23FN4O3. The van der Waals surface area contributed by atoms with E-state index in [0.29, 0.717) is 45.0 Å². The molecule has 0 N–H and O–H groups in total. The Labute approximate surface area is 162 Å². The van der Waals surface area contributed by atoms with Crippen molar-refractivity contribution in [2.24, 2.45) is 15.9 Å². The molecule has 0 spiro atoms. The van der Waals surface area contributed by atoms with Crippen molar-refractivity contribution in [3.63, 3.8) is 0 Å². The largest absolute Gasteiger partial charge is 0.381 e. The van der Waals surface area contributed by atoms with Gasteiger partial charge < -0.3 is 14.5 Å². The van der Waals surface area contributed by atoms with E-state index in [2.05, 4.69) is 9.98 Å². The number of carbonyl (C=O) groups is 2. The Kier molecular flexibility index (Phi) is 5.47. The summed E-state index contributed by atoms with van der Waals surface area (Å²) in [5.41, 5.74) is 0.667. The Morgan fingerprint density at radius 2 is 1.71 bits per heavy atom. The lowest BCUT2D eigenvalue weighted by Gasteiger charge is -2.38. The maximum Gasteiger partial charge on any atom is 0.289 e. The van der Waals surface area contributed by atoms with Crippen molar-refractivity contribution in [1.82, 2.24) is 9.80 Å². The number of guanidine groups is 1. The van der Waals surface area contributed by atoms with E-state index in [1.54, 1.807) is 24.3 Å². The number of hydrogen-bond donors (Lipinski definition) is 0. The second-order valence-corrected chi connectivity index (χ2v) is 7.17. The highest BCUT2D eigenvalue weighted by molar-refractivity contribution is 6.23. The first kappa shape index (κ1) is 18.7. The Balaban J connectivity index is 1.44. The maximum absolute atomic E-state index is 14.4. The monoisotopic (exact) mass is 386 g/mol. The molecule has 0 saturated carbocycles. The van der Waals surface area contributed by atoms with Crippen LogP contribution >= 0.6 is 0 Å². The minimum Gasteiger partial charge on any atom is -0.381 e. The number of carbonyl (C=O) groups excluding carboxylic acids is 2. The fourth-order valence-electron chi connectivity index (χ4n) is 3.75. The zero-order chi connectivity index (χ0) is 19.5. The summed E-state index contributed by atoms with van der Waals surface area (Å²) in [7, 11) is 0. The summed E-state index contributed by atoms with van der Waals surface area (Å²) in [6, 6.07) is 8.84. The number of alkyl halides is 1. The average molecular weight is 386 g/mol. The number of nitrogens with zero attached hydrogens (tertiary/aromatic N) is 4. The molecule has 2 fully saturated rings. The molecule has 1 aromatic carbocycles. The molecule has 0 aliphatic carbocycles. The highest BCUT2D eigenvalue weighted by Crippen LogP contribution is 2.20. The van der Waals surface area contributed by atoms with Crippen molar-refractivity contribution in [3.8, 4) is 0 Å². The number of halogens is 1. The molecule has 1 aromatic rings. The van der Waals surface area contributed by atoms with Gasteiger partial charge in [-0.25, -0.2) is 9.38 Å². The molecule has 0 aromatic heterocycles. The molecule has 148 valence electrons. The first-order valence-electron chi connectivity index (χ1n) is 9.65. The summed E-state index contributed by atoms with van der Waals surface area (Å²) in [4.78, 5) is 36.6. The first-order chi connectivity index (χ1) is 13.6. The lowest BCUT2D eigenvalue weighted by molar-refractivity contribution is -0.139. The molecule has 1 unspecified atom stereocenters. The van der Waals surface area contributed by atoms with Gasteiger partial charge in [0.1, 0.15) is 0 Å². The Morgan fingerprint density at radius 3 is 2.39 bits per heavy atom. The van der Waals surface area contributed by atoms with Crippen LogP contribution in [0.15, 0.2) is 40.3 Å². The van der Waals surface area contributed by atoms with E-state index in [9.17, 15) is 14.0 Å². The third-order valence-corrected chi connectivity index (χ3v) is 5.40. The van der Waals surface area contributed by atoms with Crippen molar-refractivity contribution >= 4 is 23.5 Å². The van der Waals surface area contributed by atoms with Gasteiger partial charge in [-0.1, -0.05) is 30.3 Å². The van der Waals surface area contributed by atoms with Crippen molar-refractivity contribution in [2.45, 2.75) is 19.0 Å². The van der Waals surface area contributed by atoms with Crippen LogP contribution in [0.5, 0.6) is 0 Å². The van der Waals surface area contributed by atoms with E-state index >= 15 is 0 Å². The van der Waals surface area contributed by atoms with E-state index in [-0.39, 0.29) is 23.5 Å². The van der Waals surface area contributed by atoms with Crippen LogP contribution in [-0.4, -0.2) is 78.8 Å². The number of hydrogen-bond acceptors (Lipinski definition) is 5. The van der Waals surface area contributed by atoms with Crippen molar-refractivity contribution in [2.75, 3.05) is 39.4 Å². The van der Waals surface area contributed by atoms with Gasteiger partial charge in [0.05, 0.1) is 5.71 Å². The molecule has 28 heavy (non-hydrogen) atoms. The van der Waals surface area contributed by atoms with Crippen LogP contribution in [-0.2, 0) is 14.3 Å². The fourth-order valence-corrected chi connectivity index (χ4v) is 3.75. The lowest BCUT2D eigenvalue weighted by Crippen LogP contribution is -2.53. The summed E-state index contributed by atoms with van der Waals surface area (Å²) in [5, 5.41) is 0. The predicted octanol–water partition coefficient (Wildman–Crippen LogP) is 1.28. The van der Waals surface area contributed by atoms with Crippen LogP contribution in [0.25, 0.3) is 0 Å². The minimum atomic E-state index is -1.84. The average Bonchev–Trinajstić information content (AvgIpc) is 2.76. The molecule has 2 amide bonds. The Morgan fingerprint density at radius 1 is 1.04 bits per heavy atom. The van der Waals surface area contributed by atoms with Gasteiger partial charge in [-0.2, -0.15) is 4.99 Å². The Hall–Kier alpha value is -2.61. The predicted molar refractivity (Wildman–Crippen MR) is 102 cm³/mol. The van der Waals surface area contributed by atoms with Gasteiger partial charge in [-0.05, 0) is 18.4 Å². The molecule has 7 nitrogen and oxygen atoms in total. The standard InChI is InChI=1S/C20H23FN4O3/c21-16-17(14-4-2-1-3-5-14)22-20(23-18(16)26)25-10-8-24(9-11-25)19(27)15-6-12-28-13-7-15/h1-5,15-16H,6-13H2. The summed E-state index contributed by atoms with van der Waals surface area (Å²) in [6.45, 7) is 3.39. The maximum atomic E-state index is 14.4. The molecule has 2 saturated heterocycles. The molecule has 0 bridgehead atoms. The third-order valence-electron chi connectivity index (χ3n) is 5.40. The van der Waals surface area contributed by atoms with Crippen molar-refractivity contribution in [1.29, 1.82) is 0 Å². The normalized spacial score (nSPS) is 24.0. The van der Waals surface area contributed by atoms with E-state index < -0.39 is 12.1 Å². The third kappa shape index (κ3) is 3.82. The van der Waals surface area contributed by atoms with E-state index in [1.807, 2.05) is 15.9 Å². The van der Waals surface area contributed by atoms with E-state index in [1.165, 1.54) is 0 Å². The highest BCUT2D eigenvalue weighted by Gasteiger charge is 2.34. The van der Waals surface area contributed by atoms with Gasteiger partial charge in [0, 0.05) is 45.3 Å². The first-order valence-corrected chi connectivity index (χ1v) is 9.65. The molecule has 3 aliphatic rings. The topological polar surface area (TPSA) is 74.6 Å². The summed E-state index contributed by atoms with van der Waals surface area (Å²) < 4.78 is 19.7. The number of aliphatic imine (C=N–C) groups is 2. The zero-order valence-electron chi connectivity index (χ0n) is 15.6. The van der Waals surface area contributed by atoms with Gasteiger partial charge in [0.25, 0.3) is 5.91 Å². The van der Waals surface area contributed by atoms with Gasteiger partial charge in [0.2, 0.25) is 18.0 Å². The van der Waals surface area contributed by atoms with Crippen LogP contribution in [0.2, 0.25) is 0 Å². The van der Waals surface area contributed by atoms with Gasteiger partial charge in [-0.3, -0.25) is 9.59 Å². The van der Waals surface area contributed by atoms with Crippen LogP contribution in [0.3, 0.4) is 0 Å². The molecule has 0 radical (unpaired) electrons. The SMILES string of the molecule is O=C1N=C(N2CCN(C(=O)C3CCOCC3)CC2)N=C(c2ccccc2)C1F. The molecule has 4 rings (SSSR count). The molecule has 8 heteroatoms. The summed E-state index contributed by atoms with van der Waals surface area (Å²) in [5.74, 6) is -0.397. The number of ether oxygens (including phenoxy) is 1. The molecule has 3 heterocycles. The summed E-state index contributed by atoms with van der Waals surface area (Å²) in [6.07, 6.45) is -0.311. The van der Waals surface area contributed by atoms with Gasteiger partial charge >= 0.3 is 0 Å². The number of piperazine rings is 1. The quantitative estimate of drug-likeness (QED) is 0.768. The van der Waals surface area contributed by atoms with Crippen molar-refractivity contribution < 1.29 is 18.7 Å². The smallest absolute Gasteiger partial charge is 0.289 e. The number of amides is 2. The minimum absolute atomic E-state index is 0.0314. The zero-order valence-corrected chi connectivity index (χ0v) is 15.6. The molecule has 1 atom stereocenters. The van der Waals surface area contributed by atoms with Crippen LogP contribution in [0, 0.1) is 5.92 Å². The second-order valence-electron chi connectivity index (χ2n) is 7.17. The second kappa shape index (κ2) is 8.18. The number of benzene rings is 1. The van der Waals surface area contributed by atoms with Crippen molar-refractivity contribution in [3.05, 3.63) is 35.9 Å². The Bertz CT molecular complexity index is 797. The van der Waals surface area contributed by atoms with E-state index in [0.717, 1.165) is 12.8 Å². The van der Waals surface area contributed by atoms with E-state index in [4.69, 9.17) is 4.74 Å². The van der Waals surface area contributed by atoms with Gasteiger partial charge in [0.15, 0.2) is 0 Å².